The van der Waals surface area contributed by atoms with Gasteiger partial charge in [0.15, 0.2) is 0 Å². The highest BCUT2D eigenvalue weighted by Crippen LogP contribution is 2.27. The Labute approximate surface area is 115 Å². The van der Waals surface area contributed by atoms with Gasteiger partial charge in [0.25, 0.3) is 0 Å². The lowest BCUT2D eigenvalue weighted by Crippen LogP contribution is -2.41. The van der Waals surface area contributed by atoms with E-state index in [2.05, 4.69) is 31.2 Å². The number of rotatable bonds is 4. The third-order valence-electron chi connectivity index (χ3n) is 4.29. The molecule has 104 valence electrons. The van der Waals surface area contributed by atoms with Gasteiger partial charge in [0.1, 0.15) is 0 Å². The van der Waals surface area contributed by atoms with Crippen LogP contribution < -0.4 is 5.73 Å². The van der Waals surface area contributed by atoms with E-state index in [1.807, 2.05) is 11.9 Å². The molecule has 0 heterocycles. The number of benzene rings is 1. The second-order valence-corrected chi connectivity index (χ2v) is 5.58. The smallest absolute Gasteiger partial charge is 0.226 e. The topological polar surface area (TPSA) is 46.3 Å². The van der Waals surface area contributed by atoms with Crippen molar-refractivity contribution in [2.75, 3.05) is 13.6 Å². The predicted octanol–water partition coefficient (Wildman–Crippen LogP) is 1.99. The molecule has 3 nitrogen and oxygen atoms in total. The molecule has 0 aliphatic heterocycles. The molecule has 0 bridgehead atoms. The average molecular weight is 260 g/mol. The van der Waals surface area contributed by atoms with Crippen molar-refractivity contribution in [1.82, 2.24) is 4.90 Å². The van der Waals surface area contributed by atoms with E-state index in [0.717, 1.165) is 25.7 Å². The Morgan fingerprint density at radius 3 is 2.79 bits per heavy atom. The number of nitrogens with zero attached hydrogens (tertiary/aromatic N) is 1. The first-order valence-corrected chi connectivity index (χ1v) is 7.17. The maximum absolute atomic E-state index is 12.5. The fourth-order valence-corrected chi connectivity index (χ4v) is 2.85. The molecule has 1 aromatic rings. The number of amides is 1. The van der Waals surface area contributed by atoms with Crippen LogP contribution in [0.5, 0.6) is 0 Å². The third-order valence-corrected chi connectivity index (χ3v) is 4.29. The van der Waals surface area contributed by atoms with Crippen molar-refractivity contribution in [3.63, 3.8) is 0 Å². The van der Waals surface area contributed by atoms with Gasteiger partial charge in [-0.3, -0.25) is 4.79 Å². The molecular weight excluding hydrogens is 236 g/mol. The van der Waals surface area contributed by atoms with Gasteiger partial charge < -0.3 is 10.6 Å². The second kappa shape index (κ2) is 6.20. The number of fused-ring (bicyclic) bond motifs is 1. The molecule has 1 aromatic carbocycles. The van der Waals surface area contributed by atoms with Gasteiger partial charge in [-0.05, 0) is 50.3 Å². The highest BCUT2D eigenvalue weighted by molar-refractivity contribution is 5.79. The molecule has 19 heavy (non-hydrogen) atoms. The highest BCUT2D eigenvalue weighted by Gasteiger charge is 2.28. The summed E-state index contributed by atoms with van der Waals surface area (Å²) in [4.78, 5) is 14.4. The molecule has 0 saturated heterocycles. The molecule has 3 heteroatoms. The fraction of sp³-hybridized carbons (Fsp3) is 0.562. The lowest BCUT2D eigenvalue weighted by molar-refractivity contribution is -0.136. The summed E-state index contributed by atoms with van der Waals surface area (Å²) < 4.78 is 0. The predicted molar refractivity (Wildman–Crippen MR) is 77.9 cm³/mol. The molecule has 1 aliphatic rings. The van der Waals surface area contributed by atoms with Gasteiger partial charge in [0, 0.05) is 19.0 Å². The molecule has 1 amide bonds. The zero-order chi connectivity index (χ0) is 13.8. The minimum atomic E-state index is 0.139. The zero-order valence-corrected chi connectivity index (χ0v) is 11.9. The van der Waals surface area contributed by atoms with Crippen LogP contribution in [-0.4, -0.2) is 30.4 Å². The van der Waals surface area contributed by atoms with Crippen molar-refractivity contribution in [3.05, 3.63) is 35.4 Å². The number of carbonyl (C=O) groups excluding carboxylic acids is 1. The molecule has 2 atom stereocenters. The van der Waals surface area contributed by atoms with E-state index in [1.54, 1.807) is 0 Å². The summed E-state index contributed by atoms with van der Waals surface area (Å²) in [6.45, 7) is 2.70. The number of hydrogen-bond donors (Lipinski definition) is 1. The van der Waals surface area contributed by atoms with Crippen molar-refractivity contribution in [2.45, 2.75) is 38.6 Å². The van der Waals surface area contributed by atoms with Crippen LogP contribution in [0.15, 0.2) is 24.3 Å². The SMILES string of the molecule is CC(CCN)N(C)C(=O)C1CCc2ccccc2C1. The molecule has 2 N–H and O–H groups in total. The number of hydrogen-bond acceptors (Lipinski definition) is 2. The third kappa shape index (κ3) is 3.16. The molecule has 0 fully saturated rings. The Morgan fingerprint density at radius 2 is 2.11 bits per heavy atom. The minimum Gasteiger partial charge on any atom is -0.343 e. The van der Waals surface area contributed by atoms with Crippen LogP contribution in [0.4, 0.5) is 0 Å². The van der Waals surface area contributed by atoms with E-state index in [0.29, 0.717) is 6.54 Å². The van der Waals surface area contributed by atoms with Crippen molar-refractivity contribution >= 4 is 5.91 Å². The van der Waals surface area contributed by atoms with E-state index in [9.17, 15) is 4.79 Å². The highest BCUT2D eigenvalue weighted by atomic mass is 16.2. The Morgan fingerprint density at radius 1 is 1.42 bits per heavy atom. The molecule has 0 radical (unpaired) electrons. The molecule has 0 spiro atoms. The first-order chi connectivity index (χ1) is 9.13. The van der Waals surface area contributed by atoms with E-state index in [4.69, 9.17) is 5.73 Å². The van der Waals surface area contributed by atoms with Gasteiger partial charge in [-0.25, -0.2) is 0 Å². The van der Waals surface area contributed by atoms with Crippen molar-refractivity contribution in [1.29, 1.82) is 0 Å². The number of carbonyl (C=O) groups is 1. The zero-order valence-electron chi connectivity index (χ0n) is 11.9. The van der Waals surface area contributed by atoms with E-state index >= 15 is 0 Å². The Bertz CT molecular complexity index is 444. The van der Waals surface area contributed by atoms with Gasteiger partial charge in [0.05, 0.1) is 0 Å². The fourth-order valence-electron chi connectivity index (χ4n) is 2.85. The van der Waals surface area contributed by atoms with Crippen LogP contribution in [0.25, 0.3) is 0 Å². The first-order valence-electron chi connectivity index (χ1n) is 7.17. The summed E-state index contributed by atoms with van der Waals surface area (Å²) in [5, 5.41) is 0. The van der Waals surface area contributed by atoms with Gasteiger partial charge in [-0.1, -0.05) is 24.3 Å². The summed E-state index contributed by atoms with van der Waals surface area (Å²) in [5.41, 5.74) is 8.32. The van der Waals surface area contributed by atoms with Crippen LogP contribution in [0.2, 0.25) is 0 Å². The van der Waals surface area contributed by atoms with Crippen molar-refractivity contribution in [2.24, 2.45) is 11.7 Å². The van der Waals surface area contributed by atoms with Gasteiger partial charge >= 0.3 is 0 Å². The monoisotopic (exact) mass is 260 g/mol. The molecule has 2 unspecified atom stereocenters. The molecule has 1 aliphatic carbocycles. The van der Waals surface area contributed by atoms with Crippen LogP contribution in [0.3, 0.4) is 0 Å². The summed E-state index contributed by atoms with van der Waals surface area (Å²) in [5.74, 6) is 0.413. The van der Waals surface area contributed by atoms with Crippen LogP contribution in [0.1, 0.15) is 30.9 Å². The van der Waals surface area contributed by atoms with Gasteiger partial charge in [-0.2, -0.15) is 0 Å². The Balaban J connectivity index is 2.02. The Kier molecular flexibility index (Phi) is 4.59. The quantitative estimate of drug-likeness (QED) is 0.900. The Hall–Kier alpha value is -1.35. The lowest BCUT2D eigenvalue weighted by Gasteiger charge is -2.31. The first kappa shape index (κ1) is 14.1. The standard InChI is InChI=1S/C16H24N2O/c1-12(9-10-17)18(2)16(19)15-8-7-13-5-3-4-6-14(13)11-15/h3-6,12,15H,7-11,17H2,1-2H3. The molecular formula is C16H24N2O. The van der Waals surface area contributed by atoms with Crippen LogP contribution in [0, 0.1) is 5.92 Å². The molecule has 0 aromatic heterocycles. The van der Waals surface area contributed by atoms with E-state index in [1.165, 1.54) is 11.1 Å². The molecule has 2 rings (SSSR count). The molecule has 0 saturated carbocycles. The van der Waals surface area contributed by atoms with Gasteiger partial charge in [-0.15, -0.1) is 0 Å². The second-order valence-electron chi connectivity index (χ2n) is 5.58. The number of aryl methyl sites for hydroxylation is 1. The largest absolute Gasteiger partial charge is 0.343 e. The van der Waals surface area contributed by atoms with E-state index < -0.39 is 0 Å². The normalized spacial score (nSPS) is 19.6. The van der Waals surface area contributed by atoms with E-state index in [-0.39, 0.29) is 17.9 Å². The summed E-state index contributed by atoms with van der Waals surface area (Å²) >= 11 is 0. The van der Waals surface area contributed by atoms with Crippen molar-refractivity contribution in [3.8, 4) is 0 Å². The van der Waals surface area contributed by atoms with Gasteiger partial charge in [0.2, 0.25) is 5.91 Å². The summed E-state index contributed by atoms with van der Waals surface area (Å²) in [6, 6.07) is 8.70. The van der Waals surface area contributed by atoms with Crippen LogP contribution in [-0.2, 0) is 17.6 Å². The summed E-state index contributed by atoms with van der Waals surface area (Å²) in [6.07, 6.45) is 3.74. The minimum absolute atomic E-state index is 0.139. The number of nitrogens with two attached hydrogens (primary N) is 1. The lowest BCUT2D eigenvalue weighted by atomic mass is 9.83. The maximum atomic E-state index is 12.5. The maximum Gasteiger partial charge on any atom is 0.226 e. The average Bonchev–Trinajstić information content (AvgIpc) is 2.45. The van der Waals surface area contributed by atoms with Crippen molar-refractivity contribution < 1.29 is 4.79 Å². The van der Waals surface area contributed by atoms with Crippen LogP contribution >= 0.6 is 0 Å². The summed E-state index contributed by atoms with van der Waals surface area (Å²) in [7, 11) is 1.91.